The number of rotatable bonds is 5. The smallest absolute Gasteiger partial charge is 0.243 e. The highest BCUT2D eigenvalue weighted by Gasteiger charge is 2.26. The normalized spacial score (nSPS) is 15.3. The average Bonchev–Trinajstić information content (AvgIpc) is 3.33. The molecule has 1 aliphatic rings. The molecule has 3 aromatic rings. The minimum absolute atomic E-state index is 0.0742. The number of hydrogen-bond acceptors (Lipinski definition) is 5. The first-order valence-corrected chi connectivity index (χ1v) is 10.2. The summed E-state index contributed by atoms with van der Waals surface area (Å²) >= 11 is 0. The van der Waals surface area contributed by atoms with Crippen molar-refractivity contribution in [2.45, 2.75) is 24.2 Å². The summed E-state index contributed by atoms with van der Waals surface area (Å²) in [6.45, 7) is 1.12. The van der Waals surface area contributed by atoms with Crippen LogP contribution >= 0.6 is 0 Å². The van der Waals surface area contributed by atoms with Crippen molar-refractivity contribution in [3.8, 4) is 0 Å². The molecule has 1 fully saturated rings. The molecule has 7 nitrogen and oxygen atoms in total. The summed E-state index contributed by atoms with van der Waals surface area (Å²) in [7, 11) is -3.45. The summed E-state index contributed by atoms with van der Waals surface area (Å²) in [6.07, 6.45) is 1.86. The fourth-order valence-electron chi connectivity index (χ4n) is 3.21. The second kappa shape index (κ2) is 7.13. The number of anilines is 1. The monoisotopic (exact) mass is 385 g/mol. The fourth-order valence-corrected chi connectivity index (χ4v) is 4.73. The zero-order chi connectivity index (χ0) is 18.9. The van der Waals surface area contributed by atoms with Gasteiger partial charge in [0.1, 0.15) is 5.69 Å². The average molecular weight is 385 g/mol. The van der Waals surface area contributed by atoms with E-state index in [0.29, 0.717) is 30.1 Å². The van der Waals surface area contributed by atoms with E-state index in [-0.39, 0.29) is 17.2 Å². The summed E-state index contributed by atoms with van der Waals surface area (Å²) in [6, 6.07) is 13.6. The summed E-state index contributed by atoms with van der Waals surface area (Å²) in [4.78, 5) is 12.5. The molecule has 8 heteroatoms. The Balaban J connectivity index is 1.44. The molecule has 1 amide bonds. The van der Waals surface area contributed by atoms with E-state index >= 15 is 0 Å². The standard InChI is InChI=1S/C19H19N3O4S/c23-19(13-17-16-5-1-2-6-18(16)26-21-17)20-14-7-9-15(10-8-14)27(24,25)22-11-3-4-12-22/h1-2,5-10H,3-4,11-13H2,(H,20,23). The van der Waals surface area contributed by atoms with Crippen molar-refractivity contribution in [3.63, 3.8) is 0 Å². The van der Waals surface area contributed by atoms with Gasteiger partial charge in [-0.1, -0.05) is 17.3 Å². The molecule has 0 radical (unpaired) electrons. The molecule has 1 N–H and O–H groups in total. The first kappa shape index (κ1) is 17.7. The molecule has 4 rings (SSSR count). The van der Waals surface area contributed by atoms with Crippen LogP contribution in [0.5, 0.6) is 0 Å². The van der Waals surface area contributed by atoms with Crippen molar-refractivity contribution in [2.75, 3.05) is 18.4 Å². The van der Waals surface area contributed by atoms with Crippen molar-refractivity contribution < 1.29 is 17.7 Å². The van der Waals surface area contributed by atoms with Gasteiger partial charge in [-0.3, -0.25) is 4.79 Å². The van der Waals surface area contributed by atoms with Crippen LogP contribution in [0.3, 0.4) is 0 Å². The molecule has 2 heterocycles. The number of nitrogens with one attached hydrogen (secondary N) is 1. The second-order valence-electron chi connectivity index (χ2n) is 6.49. The molecule has 0 unspecified atom stereocenters. The number of aromatic nitrogens is 1. The summed E-state index contributed by atoms with van der Waals surface area (Å²) in [5.74, 6) is -0.246. The number of fused-ring (bicyclic) bond motifs is 1. The van der Waals surface area contributed by atoms with Gasteiger partial charge < -0.3 is 9.84 Å². The fraction of sp³-hybridized carbons (Fsp3) is 0.263. The quantitative estimate of drug-likeness (QED) is 0.729. The van der Waals surface area contributed by atoms with Crippen LogP contribution in [0.4, 0.5) is 5.69 Å². The van der Waals surface area contributed by atoms with Gasteiger partial charge >= 0.3 is 0 Å². The van der Waals surface area contributed by atoms with Crippen molar-refractivity contribution in [2.24, 2.45) is 0 Å². The number of para-hydroxylation sites is 1. The number of carbonyl (C=O) groups excluding carboxylic acids is 1. The first-order valence-electron chi connectivity index (χ1n) is 8.77. The maximum atomic E-state index is 12.5. The van der Waals surface area contributed by atoms with E-state index in [1.807, 2.05) is 18.2 Å². The van der Waals surface area contributed by atoms with Crippen LogP contribution in [0.15, 0.2) is 57.9 Å². The Kier molecular flexibility index (Phi) is 4.67. The molecule has 0 saturated carbocycles. The Morgan fingerprint density at radius 2 is 1.78 bits per heavy atom. The lowest BCUT2D eigenvalue weighted by atomic mass is 10.1. The van der Waals surface area contributed by atoms with Gasteiger partial charge in [-0.05, 0) is 49.2 Å². The third-order valence-corrected chi connectivity index (χ3v) is 6.53. The van der Waals surface area contributed by atoms with E-state index in [4.69, 9.17) is 4.52 Å². The molecule has 27 heavy (non-hydrogen) atoms. The van der Waals surface area contributed by atoms with Gasteiger partial charge in [0.05, 0.1) is 11.3 Å². The zero-order valence-corrected chi connectivity index (χ0v) is 15.4. The number of benzene rings is 2. The van der Waals surface area contributed by atoms with Crippen molar-refractivity contribution in [1.82, 2.24) is 9.46 Å². The Morgan fingerprint density at radius 1 is 1.07 bits per heavy atom. The predicted octanol–water partition coefficient (Wildman–Crippen LogP) is 2.79. The third-order valence-electron chi connectivity index (χ3n) is 4.62. The second-order valence-corrected chi connectivity index (χ2v) is 8.42. The molecule has 1 aliphatic heterocycles. The van der Waals surface area contributed by atoms with E-state index in [1.165, 1.54) is 16.4 Å². The molecular weight excluding hydrogens is 366 g/mol. The molecule has 0 spiro atoms. The minimum Gasteiger partial charge on any atom is -0.356 e. The van der Waals surface area contributed by atoms with E-state index in [1.54, 1.807) is 18.2 Å². The summed E-state index contributed by atoms with van der Waals surface area (Å²) in [5.41, 5.74) is 1.74. The Hall–Kier alpha value is -2.71. The molecular formula is C19H19N3O4S. The number of carbonyl (C=O) groups is 1. The Bertz CT molecular complexity index is 1070. The van der Waals surface area contributed by atoms with Crippen molar-refractivity contribution in [1.29, 1.82) is 0 Å². The lowest BCUT2D eigenvalue weighted by Gasteiger charge is -2.15. The van der Waals surface area contributed by atoms with Crippen LogP contribution < -0.4 is 5.32 Å². The zero-order valence-electron chi connectivity index (χ0n) is 14.6. The summed E-state index contributed by atoms with van der Waals surface area (Å²) < 4.78 is 31.7. The van der Waals surface area contributed by atoms with Gasteiger partial charge in [0.2, 0.25) is 15.9 Å². The van der Waals surface area contributed by atoms with Gasteiger partial charge in [-0.25, -0.2) is 8.42 Å². The van der Waals surface area contributed by atoms with Gasteiger partial charge in [-0.2, -0.15) is 4.31 Å². The van der Waals surface area contributed by atoms with Crippen LogP contribution in [-0.4, -0.2) is 36.9 Å². The Labute approximate surface area is 157 Å². The molecule has 140 valence electrons. The molecule has 1 saturated heterocycles. The van der Waals surface area contributed by atoms with E-state index in [9.17, 15) is 13.2 Å². The molecule has 0 atom stereocenters. The molecule has 0 bridgehead atoms. The lowest BCUT2D eigenvalue weighted by Crippen LogP contribution is -2.27. The van der Waals surface area contributed by atoms with Crippen LogP contribution in [0.2, 0.25) is 0 Å². The third kappa shape index (κ3) is 3.58. The van der Waals surface area contributed by atoms with Crippen LogP contribution in [0, 0.1) is 0 Å². The number of sulfonamides is 1. The van der Waals surface area contributed by atoms with Gasteiger partial charge in [-0.15, -0.1) is 0 Å². The topological polar surface area (TPSA) is 92.5 Å². The van der Waals surface area contributed by atoms with E-state index < -0.39 is 10.0 Å². The highest BCUT2D eigenvalue weighted by Crippen LogP contribution is 2.23. The number of hydrogen-bond donors (Lipinski definition) is 1. The maximum Gasteiger partial charge on any atom is 0.243 e. The Morgan fingerprint density at radius 3 is 2.52 bits per heavy atom. The summed E-state index contributed by atoms with van der Waals surface area (Å²) in [5, 5.41) is 7.52. The van der Waals surface area contributed by atoms with Crippen molar-refractivity contribution >= 4 is 32.6 Å². The van der Waals surface area contributed by atoms with E-state index in [0.717, 1.165) is 18.2 Å². The van der Waals surface area contributed by atoms with Crippen molar-refractivity contribution in [3.05, 3.63) is 54.2 Å². The highest BCUT2D eigenvalue weighted by molar-refractivity contribution is 7.89. The maximum absolute atomic E-state index is 12.5. The van der Waals surface area contributed by atoms with E-state index in [2.05, 4.69) is 10.5 Å². The first-order chi connectivity index (χ1) is 13.0. The molecule has 2 aromatic carbocycles. The van der Waals surface area contributed by atoms with Gasteiger partial charge in [0.25, 0.3) is 0 Å². The van der Waals surface area contributed by atoms with Crippen LogP contribution in [0.1, 0.15) is 18.5 Å². The number of nitrogens with zero attached hydrogens (tertiary/aromatic N) is 2. The van der Waals surface area contributed by atoms with Gasteiger partial charge in [0, 0.05) is 24.2 Å². The molecule has 0 aliphatic carbocycles. The predicted molar refractivity (Wildman–Crippen MR) is 101 cm³/mol. The highest BCUT2D eigenvalue weighted by atomic mass is 32.2. The SMILES string of the molecule is O=C(Cc1noc2ccccc12)Nc1ccc(S(=O)(=O)N2CCCC2)cc1. The lowest BCUT2D eigenvalue weighted by molar-refractivity contribution is -0.115. The van der Waals surface area contributed by atoms with Crippen LogP contribution in [-0.2, 0) is 21.2 Å². The van der Waals surface area contributed by atoms with Gasteiger partial charge in [0.15, 0.2) is 5.58 Å². The largest absolute Gasteiger partial charge is 0.356 e. The minimum atomic E-state index is -3.45. The molecule has 1 aromatic heterocycles. The number of amides is 1. The van der Waals surface area contributed by atoms with Crippen LogP contribution in [0.25, 0.3) is 11.0 Å².